The van der Waals surface area contributed by atoms with Gasteiger partial charge in [0.15, 0.2) is 0 Å². The monoisotopic (exact) mass is 482 g/mol. The van der Waals surface area contributed by atoms with Crippen LogP contribution in [0.25, 0.3) is 11.8 Å². The zero-order chi connectivity index (χ0) is 21.4. The minimum Gasteiger partial charge on any atom is -0.508 e. The second kappa shape index (κ2) is 8.16. The van der Waals surface area contributed by atoms with Gasteiger partial charge in [-0.1, -0.05) is 28.1 Å². The molecule has 2 aromatic carbocycles. The Bertz CT molecular complexity index is 1160. The first-order chi connectivity index (χ1) is 14.3. The lowest BCUT2D eigenvalue weighted by molar-refractivity contribution is -0.123. The van der Waals surface area contributed by atoms with Crippen LogP contribution < -0.4 is 0 Å². The van der Waals surface area contributed by atoms with E-state index in [1.165, 1.54) is 4.90 Å². The number of imide groups is 1. The van der Waals surface area contributed by atoms with E-state index in [2.05, 4.69) is 20.5 Å². The molecule has 0 radical (unpaired) electrons. The van der Waals surface area contributed by atoms with Crippen molar-refractivity contribution < 1.29 is 14.7 Å². The first kappa shape index (κ1) is 20.5. The Hall–Kier alpha value is -2.77. The van der Waals surface area contributed by atoms with E-state index in [-0.39, 0.29) is 23.4 Å². The van der Waals surface area contributed by atoms with Crippen molar-refractivity contribution in [3.8, 4) is 11.4 Å². The van der Waals surface area contributed by atoms with Crippen LogP contribution >= 0.6 is 27.7 Å². The average molecular weight is 483 g/mol. The summed E-state index contributed by atoms with van der Waals surface area (Å²) in [5.41, 5.74) is 4.66. The zero-order valence-electron chi connectivity index (χ0n) is 16.4. The Morgan fingerprint density at radius 2 is 1.70 bits per heavy atom. The number of thioether (sulfide) groups is 1. The van der Waals surface area contributed by atoms with Crippen LogP contribution in [0, 0.1) is 13.8 Å². The molecule has 3 aromatic rings. The van der Waals surface area contributed by atoms with E-state index in [4.69, 9.17) is 0 Å². The summed E-state index contributed by atoms with van der Waals surface area (Å²) in [7, 11) is 0. The quantitative estimate of drug-likeness (QED) is 0.477. The van der Waals surface area contributed by atoms with Crippen molar-refractivity contribution >= 4 is 44.9 Å². The molecule has 0 spiro atoms. The molecule has 0 atom stereocenters. The highest BCUT2D eigenvalue weighted by molar-refractivity contribution is 9.10. The third-order valence-corrected chi connectivity index (χ3v) is 6.43. The van der Waals surface area contributed by atoms with Crippen LogP contribution in [0.2, 0.25) is 0 Å². The number of aromatic nitrogens is 1. The molecule has 0 aliphatic carbocycles. The second-order valence-electron chi connectivity index (χ2n) is 7.07. The summed E-state index contributed by atoms with van der Waals surface area (Å²) in [5.74, 6) is -0.0664. The summed E-state index contributed by atoms with van der Waals surface area (Å²) in [6, 6.07) is 16.5. The third-order valence-electron chi connectivity index (χ3n) is 4.99. The summed E-state index contributed by atoms with van der Waals surface area (Å²) in [6.45, 7) is 4.20. The van der Waals surface area contributed by atoms with Crippen molar-refractivity contribution in [2.75, 3.05) is 0 Å². The largest absolute Gasteiger partial charge is 0.508 e. The normalized spacial score (nSPS) is 15.4. The highest BCUT2D eigenvalue weighted by Crippen LogP contribution is 2.35. The SMILES string of the molecule is Cc1cc(/C=C2\SC(=O)N(Cc3ccc(Br)cc3)C2=O)c(C)n1-c1ccc(O)cc1. The van der Waals surface area contributed by atoms with Gasteiger partial charge in [0.2, 0.25) is 0 Å². The van der Waals surface area contributed by atoms with E-state index < -0.39 is 0 Å². The van der Waals surface area contributed by atoms with Gasteiger partial charge >= 0.3 is 0 Å². The number of hydrogen-bond acceptors (Lipinski definition) is 4. The van der Waals surface area contributed by atoms with Crippen LogP contribution in [0.4, 0.5) is 4.79 Å². The number of aryl methyl sites for hydroxylation is 1. The molecule has 152 valence electrons. The fraction of sp³-hybridized carbons (Fsp3) is 0.130. The van der Waals surface area contributed by atoms with Gasteiger partial charge in [-0.15, -0.1) is 0 Å². The molecule has 1 aliphatic heterocycles. The van der Waals surface area contributed by atoms with Crippen LogP contribution in [0.5, 0.6) is 5.75 Å². The average Bonchev–Trinajstić information content (AvgIpc) is 3.14. The summed E-state index contributed by atoms with van der Waals surface area (Å²) < 4.78 is 3.00. The zero-order valence-corrected chi connectivity index (χ0v) is 18.8. The van der Waals surface area contributed by atoms with E-state index in [0.29, 0.717) is 4.91 Å². The molecule has 1 fully saturated rings. The Morgan fingerprint density at radius 3 is 2.37 bits per heavy atom. The standard InChI is InChI=1S/C23H19BrN2O3S/c1-14-11-17(15(2)26(14)19-7-9-20(27)10-8-19)12-21-22(28)25(23(29)30-21)13-16-3-5-18(24)6-4-16/h3-12,27H,13H2,1-2H3/b21-12-. The number of nitrogens with zero attached hydrogens (tertiary/aromatic N) is 2. The maximum atomic E-state index is 12.9. The number of hydrogen-bond donors (Lipinski definition) is 1. The summed E-state index contributed by atoms with van der Waals surface area (Å²) in [4.78, 5) is 27.0. The highest BCUT2D eigenvalue weighted by Gasteiger charge is 2.35. The minimum absolute atomic E-state index is 0.209. The Balaban J connectivity index is 1.61. The van der Waals surface area contributed by atoms with Crippen LogP contribution in [-0.2, 0) is 11.3 Å². The maximum Gasteiger partial charge on any atom is 0.293 e. The molecule has 1 aromatic heterocycles. The van der Waals surface area contributed by atoms with E-state index in [1.54, 1.807) is 18.2 Å². The number of phenols is 1. The van der Waals surface area contributed by atoms with Gasteiger partial charge < -0.3 is 9.67 Å². The van der Waals surface area contributed by atoms with E-state index in [0.717, 1.165) is 44.4 Å². The molecule has 30 heavy (non-hydrogen) atoms. The number of amides is 2. The summed E-state index contributed by atoms with van der Waals surface area (Å²) >= 11 is 4.36. The number of halogens is 1. The second-order valence-corrected chi connectivity index (χ2v) is 8.98. The first-order valence-electron chi connectivity index (χ1n) is 9.31. The minimum atomic E-state index is -0.276. The molecule has 0 bridgehead atoms. The number of aromatic hydroxyl groups is 1. The fourth-order valence-corrected chi connectivity index (χ4v) is 4.58. The molecule has 4 rings (SSSR count). The molecule has 2 heterocycles. The fourth-order valence-electron chi connectivity index (χ4n) is 3.48. The van der Waals surface area contributed by atoms with Gasteiger partial charge in [-0.2, -0.15) is 0 Å². The Kier molecular flexibility index (Phi) is 5.58. The number of phenolic OH excluding ortho intramolecular Hbond substituents is 1. The third kappa shape index (κ3) is 3.95. The predicted octanol–water partition coefficient (Wildman–Crippen LogP) is 5.80. The summed E-state index contributed by atoms with van der Waals surface area (Å²) in [5, 5.41) is 9.27. The van der Waals surface area contributed by atoms with Crippen molar-refractivity contribution in [2.45, 2.75) is 20.4 Å². The Labute approximate surface area is 187 Å². The summed E-state index contributed by atoms with van der Waals surface area (Å²) in [6.07, 6.45) is 1.78. The number of rotatable bonds is 4. The number of carbonyl (C=O) groups excluding carboxylic acids is 2. The van der Waals surface area contributed by atoms with Crippen molar-refractivity contribution in [3.63, 3.8) is 0 Å². The topological polar surface area (TPSA) is 62.5 Å². The molecule has 2 amide bonds. The molecule has 5 nitrogen and oxygen atoms in total. The molecule has 7 heteroatoms. The van der Waals surface area contributed by atoms with E-state index in [1.807, 2.05) is 56.3 Å². The van der Waals surface area contributed by atoms with E-state index in [9.17, 15) is 14.7 Å². The number of carbonyl (C=O) groups is 2. The molecular formula is C23H19BrN2O3S. The molecule has 0 unspecified atom stereocenters. The Morgan fingerprint density at radius 1 is 1.03 bits per heavy atom. The molecule has 0 saturated carbocycles. The highest BCUT2D eigenvalue weighted by atomic mass is 79.9. The van der Waals surface area contributed by atoms with Crippen LogP contribution in [-0.4, -0.2) is 25.7 Å². The first-order valence-corrected chi connectivity index (χ1v) is 10.9. The molecule has 1 aliphatic rings. The van der Waals surface area contributed by atoms with Crippen LogP contribution in [0.1, 0.15) is 22.5 Å². The number of benzene rings is 2. The van der Waals surface area contributed by atoms with Gasteiger partial charge in [-0.05, 0) is 85.3 Å². The van der Waals surface area contributed by atoms with Crippen LogP contribution in [0.3, 0.4) is 0 Å². The van der Waals surface area contributed by atoms with Gasteiger partial charge in [-0.25, -0.2) is 0 Å². The lowest BCUT2D eigenvalue weighted by atomic mass is 10.2. The van der Waals surface area contributed by atoms with Crippen LogP contribution in [0.15, 0.2) is 64.0 Å². The molecule has 1 N–H and O–H groups in total. The van der Waals surface area contributed by atoms with Gasteiger partial charge in [0, 0.05) is 21.5 Å². The van der Waals surface area contributed by atoms with Gasteiger partial charge in [0.1, 0.15) is 5.75 Å². The van der Waals surface area contributed by atoms with Crippen molar-refractivity contribution in [3.05, 3.63) is 86.5 Å². The lowest BCUT2D eigenvalue weighted by Gasteiger charge is -2.12. The predicted molar refractivity (Wildman–Crippen MR) is 123 cm³/mol. The van der Waals surface area contributed by atoms with Crippen molar-refractivity contribution in [1.29, 1.82) is 0 Å². The maximum absolute atomic E-state index is 12.9. The van der Waals surface area contributed by atoms with Gasteiger partial charge in [0.05, 0.1) is 11.4 Å². The van der Waals surface area contributed by atoms with Gasteiger partial charge in [-0.3, -0.25) is 14.5 Å². The van der Waals surface area contributed by atoms with Gasteiger partial charge in [0.25, 0.3) is 11.1 Å². The molecular weight excluding hydrogens is 464 g/mol. The van der Waals surface area contributed by atoms with E-state index >= 15 is 0 Å². The smallest absolute Gasteiger partial charge is 0.293 e. The molecule has 1 saturated heterocycles. The van der Waals surface area contributed by atoms with Crippen molar-refractivity contribution in [2.24, 2.45) is 0 Å². The van der Waals surface area contributed by atoms with Crippen molar-refractivity contribution in [1.82, 2.24) is 9.47 Å². The lowest BCUT2D eigenvalue weighted by Crippen LogP contribution is -2.27.